The molecule has 8 heteroatoms. The number of carboxylic acid groups (broad SMARTS) is 1. The van der Waals surface area contributed by atoms with Crippen molar-refractivity contribution >= 4 is 35.1 Å². The summed E-state index contributed by atoms with van der Waals surface area (Å²) in [7, 11) is 0. The molecule has 1 aromatic carbocycles. The largest absolute Gasteiger partial charge is 0.480 e. The van der Waals surface area contributed by atoms with Crippen molar-refractivity contribution < 1.29 is 24.2 Å². The van der Waals surface area contributed by atoms with E-state index in [-0.39, 0.29) is 41.0 Å². The van der Waals surface area contributed by atoms with Gasteiger partial charge in [0.15, 0.2) is 6.61 Å². The number of nitrogens with one attached hydrogen (secondary N) is 2. The first kappa shape index (κ1) is 20.0. The normalized spacial score (nSPS) is 15.3. The molecule has 0 heterocycles. The monoisotopic (exact) mass is 382 g/mol. The van der Waals surface area contributed by atoms with Crippen LogP contribution in [0.4, 0.5) is 5.69 Å². The summed E-state index contributed by atoms with van der Waals surface area (Å²) in [6, 6.07) is 4.28. The fraction of sp³-hybridized carbons (Fsp3) is 0.500. The number of carbonyl (C=O) groups is 3. The molecule has 2 rings (SSSR count). The molecule has 2 amide bonds. The number of carbonyl (C=O) groups excluding carboxylic acids is 2. The molecule has 1 unspecified atom stereocenters. The minimum absolute atomic E-state index is 0.0192. The Labute approximate surface area is 157 Å². The van der Waals surface area contributed by atoms with Crippen LogP contribution in [0, 0.1) is 5.92 Å². The molecule has 0 saturated heterocycles. The Kier molecular flexibility index (Phi) is 7.26. The van der Waals surface area contributed by atoms with Crippen LogP contribution in [-0.2, 0) is 14.4 Å². The SMILES string of the molecule is CC(CC(=O)Nc1ccc(OCC(=O)O)c(Cl)c1)NC(=O)C1CCCC1. The zero-order chi connectivity index (χ0) is 19.1. The third kappa shape index (κ3) is 6.22. The van der Waals surface area contributed by atoms with Crippen LogP contribution in [0.2, 0.25) is 5.02 Å². The van der Waals surface area contributed by atoms with Gasteiger partial charge >= 0.3 is 5.97 Å². The van der Waals surface area contributed by atoms with Crippen molar-refractivity contribution in [3.8, 4) is 5.75 Å². The van der Waals surface area contributed by atoms with E-state index in [4.69, 9.17) is 21.4 Å². The molecule has 1 aliphatic carbocycles. The molecule has 1 aromatic rings. The van der Waals surface area contributed by atoms with E-state index in [1.165, 1.54) is 12.1 Å². The first-order chi connectivity index (χ1) is 12.3. The van der Waals surface area contributed by atoms with Gasteiger partial charge in [0.2, 0.25) is 11.8 Å². The quantitative estimate of drug-likeness (QED) is 0.641. The van der Waals surface area contributed by atoms with Gasteiger partial charge in [-0.1, -0.05) is 24.4 Å². The summed E-state index contributed by atoms with van der Waals surface area (Å²) in [5, 5.41) is 14.4. The molecule has 1 atom stereocenters. The number of ether oxygens (including phenoxy) is 1. The van der Waals surface area contributed by atoms with Crippen LogP contribution in [0.3, 0.4) is 0 Å². The molecule has 0 aliphatic heterocycles. The standard InChI is InChI=1S/C18H23ClN2O5/c1-11(20-18(25)12-4-2-3-5-12)8-16(22)21-13-6-7-15(14(19)9-13)26-10-17(23)24/h6-7,9,11-12H,2-5,8,10H2,1H3,(H,20,25)(H,21,22)(H,23,24). The molecule has 1 saturated carbocycles. The maximum absolute atomic E-state index is 12.1. The molecule has 0 spiro atoms. The van der Waals surface area contributed by atoms with Crippen molar-refractivity contribution in [2.45, 2.75) is 45.1 Å². The van der Waals surface area contributed by atoms with Crippen molar-refractivity contribution in [1.82, 2.24) is 5.32 Å². The number of benzene rings is 1. The van der Waals surface area contributed by atoms with Gasteiger partial charge in [-0.15, -0.1) is 0 Å². The molecule has 1 fully saturated rings. The lowest BCUT2D eigenvalue weighted by Gasteiger charge is -2.17. The second kappa shape index (κ2) is 9.43. The molecule has 26 heavy (non-hydrogen) atoms. The first-order valence-electron chi connectivity index (χ1n) is 8.59. The highest BCUT2D eigenvalue weighted by Crippen LogP contribution is 2.28. The fourth-order valence-corrected chi connectivity index (χ4v) is 3.16. The summed E-state index contributed by atoms with van der Waals surface area (Å²) in [6.45, 7) is 1.30. The van der Waals surface area contributed by atoms with Crippen molar-refractivity contribution in [1.29, 1.82) is 0 Å². The van der Waals surface area contributed by atoms with E-state index < -0.39 is 12.6 Å². The number of hydrogen-bond donors (Lipinski definition) is 3. The molecule has 0 bridgehead atoms. The van der Waals surface area contributed by atoms with Gasteiger partial charge in [0.1, 0.15) is 5.75 Å². The van der Waals surface area contributed by atoms with Crippen LogP contribution >= 0.6 is 11.6 Å². The summed E-state index contributed by atoms with van der Waals surface area (Å²) in [5.41, 5.74) is 0.469. The predicted octanol–water partition coefficient (Wildman–Crippen LogP) is 2.83. The summed E-state index contributed by atoms with van der Waals surface area (Å²) in [6.07, 6.45) is 4.15. The second-order valence-corrected chi connectivity index (χ2v) is 6.88. The van der Waals surface area contributed by atoms with Crippen LogP contribution in [0.1, 0.15) is 39.0 Å². The Balaban J connectivity index is 1.81. The van der Waals surface area contributed by atoms with Gasteiger partial charge in [-0.2, -0.15) is 0 Å². The molecular formula is C18H23ClN2O5. The van der Waals surface area contributed by atoms with Gasteiger partial charge in [0, 0.05) is 24.1 Å². The number of hydrogen-bond acceptors (Lipinski definition) is 4. The zero-order valence-electron chi connectivity index (χ0n) is 14.6. The van der Waals surface area contributed by atoms with Crippen LogP contribution in [0.25, 0.3) is 0 Å². The maximum atomic E-state index is 12.1. The van der Waals surface area contributed by atoms with E-state index >= 15 is 0 Å². The maximum Gasteiger partial charge on any atom is 0.341 e. The summed E-state index contributed by atoms with van der Waals surface area (Å²) in [4.78, 5) is 34.7. The van der Waals surface area contributed by atoms with Crippen molar-refractivity contribution in [2.24, 2.45) is 5.92 Å². The number of halogens is 1. The molecule has 0 aromatic heterocycles. The highest BCUT2D eigenvalue weighted by molar-refractivity contribution is 6.32. The van der Waals surface area contributed by atoms with Gasteiger partial charge in [0.05, 0.1) is 5.02 Å². The lowest BCUT2D eigenvalue weighted by Crippen LogP contribution is -2.38. The minimum atomic E-state index is -1.10. The van der Waals surface area contributed by atoms with Crippen LogP contribution in [0.5, 0.6) is 5.75 Å². The zero-order valence-corrected chi connectivity index (χ0v) is 15.3. The second-order valence-electron chi connectivity index (χ2n) is 6.47. The summed E-state index contributed by atoms with van der Waals surface area (Å²) < 4.78 is 5.02. The number of rotatable bonds is 8. The van der Waals surface area contributed by atoms with Crippen molar-refractivity contribution in [3.63, 3.8) is 0 Å². The van der Waals surface area contributed by atoms with Crippen LogP contribution in [0.15, 0.2) is 18.2 Å². The number of amides is 2. The Morgan fingerprint density at radius 3 is 2.62 bits per heavy atom. The molecular weight excluding hydrogens is 360 g/mol. The average Bonchev–Trinajstić information content (AvgIpc) is 3.08. The molecule has 1 aliphatic rings. The third-order valence-corrected chi connectivity index (χ3v) is 4.47. The lowest BCUT2D eigenvalue weighted by molar-refractivity contribution is -0.139. The lowest BCUT2D eigenvalue weighted by atomic mass is 10.1. The molecule has 0 radical (unpaired) electrons. The molecule has 7 nitrogen and oxygen atoms in total. The van der Waals surface area contributed by atoms with E-state index in [0.717, 1.165) is 25.7 Å². The predicted molar refractivity (Wildman–Crippen MR) is 97.4 cm³/mol. The molecule has 3 N–H and O–H groups in total. The Morgan fingerprint density at radius 2 is 2.00 bits per heavy atom. The van der Waals surface area contributed by atoms with E-state index in [2.05, 4.69) is 10.6 Å². The van der Waals surface area contributed by atoms with Gasteiger partial charge in [-0.05, 0) is 38.0 Å². The first-order valence-corrected chi connectivity index (χ1v) is 8.97. The third-order valence-electron chi connectivity index (χ3n) is 4.17. The minimum Gasteiger partial charge on any atom is -0.480 e. The fourth-order valence-electron chi connectivity index (χ4n) is 2.92. The Morgan fingerprint density at radius 1 is 1.31 bits per heavy atom. The topological polar surface area (TPSA) is 105 Å². The summed E-state index contributed by atoms with van der Waals surface area (Å²) >= 11 is 6.02. The van der Waals surface area contributed by atoms with Gasteiger partial charge in [-0.3, -0.25) is 9.59 Å². The van der Waals surface area contributed by atoms with Crippen LogP contribution < -0.4 is 15.4 Å². The van der Waals surface area contributed by atoms with Crippen LogP contribution in [-0.4, -0.2) is 35.5 Å². The van der Waals surface area contributed by atoms with Crippen molar-refractivity contribution in [2.75, 3.05) is 11.9 Å². The Bertz CT molecular complexity index is 674. The highest BCUT2D eigenvalue weighted by atomic mass is 35.5. The van der Waals surface area contributed by atoms with E-state index in [9.17, 15) is 14.4 Å². The number of aliphatic carboxylic acids is 1. The van der Waals surface area contributed by atoms with Gasteiger partial charge in [0.25, 0.3) is 0 Å². The van der Waals surface area contributed by atoms with Gasteiger partial charge < -0.3 is 20.5 Å². The Hall–Kier alpha value is -2.28. The number of carboxylic acids is 1. The smallest absolute Gasteiger partial charge is 0.341 e. The van der Waals surface area contributed by atoms with Gasteiger partial charge in [-0.25, -0.2) is 4.79 Å². The molecule has 142 valence electrons. The van der Waals surface area contributed by atoms with E-state index in [1.807, 2.05) is 0 Å². The summed E-state index contributed by atoms with van der Waals surface area (Å²) in [5.74, 6) is -1.04. The highest BCUT2D eigenvalue weighted by Gasteiger charge is 2.24. The van der Waals surface area contributed by atoms with E-state index in [0.29, 0.717) is 5.69 Å². The van der Waals surface area contributed by atoms with E-state index in [1.54, 1.807) is 13.0 Å². The number of anilines is 1. The van der Waals surface area contributed by atoms with Crippen molar-refractivity contribution in [3.05, 3.63) is 23.2 Å². The average molecular weight is 383 g/mol.